The molecule has 1 N–H and O–H groups in total. The van der Waals surface area contributed by atoms with Gasteiger partial charge in [-0.3, -0.25) is 4.79 Å². The molecule has 0 atom stereocenters. The van der Waals surface area contributed by atoms with Crippen LogP contribution in [0, 0.1) is 13.8 Å². The molecule has 2 aromatic heterocycles. The minimum absolute atomic E-state index is 0.0491. The van der Waals surface area contributed by atoms with E-state index < -0.39 is 0 Å². The minimum atomic E-state index is 0.0491. The Hall–Kier alpha value is -2.46. The van der Waals surface area contributed by atoms with Crippen molar-refractivity contribution >= 4 is 22.9 Å². The number of nitrogens with zero attached hydrogens (tertiary/aromatic N) is 1. The van der Waals surface area contributed by atoms with Gasteiger partial charge in [-0.25, -0.2) is 4.98 Å². The van der Waals surface area contributed by atoms with E-state index in [2.05, 4.69) is 31.3 Å². The average Bonchev–Trinajstić information content (AvgIpc) is 3.03. The molecule has 0 aliphatic rings. The quantitative estimate of drug-likeness (QED) is 0.629. The zero-order chi connectivity index (χ0) is 17.8. The Kier molecular flexibility index (Phi) is 5.29. The highest BCUT2D eigenvalue weighted by Gasteiger charge is 2.09. The van der Waals surface area contributed by atoms with Crippen LogP contribution in [0.3, 0.4) is 0 Å². The fourth-order valence-corrected chi connectivity index (χ4v) is 3.56. The Bertz CT molecular complexity index is 898. The third kappa shape index (κ3) is 4.15. The smallest absolute Gasteiger partial charge is 0.224 e. The van der Waals surface area contributed by atoms with E-state index in [1.807, 2.05) is 43.3 Å². The van der Waals surface area contributed by atoms with Crippen molar-refractivity contribution in [3.8, 4) is 21.8 Å². The molecule has 3 nitrogen and oxygen atoms in total. The Morgan fingerprint density at radius 1 is 1.08 bits per heavy atom. The highest BCUT2D eigenvalue weighted by atomic mass is 32.1. The van der Waals surface area contributed by atoms with Gasteiger partial charge in [0, 0.05) is 22.5 Å². The van der Waals surface area contributed by atoms with Crippen molar-refractivity contribution in [1.29, 1.82) is 0 Å². The number of benzene rings is 1. The van der Waals surface area contributed by atoms with Crippen molar-refractivity contribution in [3.05, 3.63) is 59.0 Å². The molecule has 0 aliphatic carbocycles. The number of nitrogens with one attached hydrogen (secondary N) is 1. The predicted octanol–water partition coefficient (Wildman–Crippen LogP) is 5.83. The molecule has 0 bridgehead atoms. The zero-order valence-corrected chi connectivity index (χ0v) is 15.6. The summed E-state index contributed by atoms with van der Waals surface area (Å²) in [4.78, 5) is 19.2. The van der Waals surface area contributed by atoms with Crippen LogP contribution in [-0.4, -0.2) is 10.9 Å². The van der Waals surface area contributed by atoms with Gasteiger partial charge in [0.25, 0.3) is 0 Å². The summed E-state index contributed by atoms with van der Waals surface area (Å²) in [6.07, 6.45) is 1.38. The number of carbonyl (C=O) groups excluding carboxylic acids is 1. The zero-order valence-electron chi connectivity index (χ0n) is 14.8. The van der Waals surface area contributed by atoms with Crippen LogP contribution < -0.4 is 5.32 Å². The van der Waals surface area contributed by atoms with Gasteiger partial charge in [0.05, 0.1) is 16.3 Å². The second-order valence-corrected chi connectivity index (χ2v) is 7.43. The molecule has 0 radical (unpaired) electrons. The molecule has 0 spiro atoms. The maximum absolute atomic E-state index is 11.9. The first-order valence-corrected chi connectivity index (χ1v) is 9.33. The first-order valence-electron chi connectivity index (χ1n) is 8.51. The van der Waals surface area contributed by atoms with Crippen LogP contribution in [-0.2, 0) is 4.79 Å². The number of aryl methyl sites for hydroxylation is 2. The summed E-state index contributed by atoms with van der Waals surface area (Å²) in [6.45, 7) is 6.17. The summed E-state index contributed by atoms with van der Waals surface area (Å²) < 4.78 is 0. The van der Waals surface area contributed by atoms with Gasteiger partial charge in [-0.05, 0) is 62.2 Å². The van der Waals surface area contributed by atoms with E-state index in [0.717, 1.165) is 34.6 Å². The largest absolute Gasteiger partial charge is 0.326 e. The molecule has 0 aliphatic heterocycles. The van der Waals surface area contributed by atoms with Crippen LogP contribution in [0.4, 0.5) is 5.69 Å². The van der Waals surface area contributed by atoms with E-state index in [9.17, 15) is 4.79 Å². The molecule has 1 aromatic carbocycles. The lowest BCUT2D eigenvalue weighted by atomic mass is 10.0. The van der Waals surface area contributed by atoms with Crippen LogP contribution in [0.25, 0.3) is 21.8 Å². The molecular formula is C21H22N2OS. The third-order valence-electron chi connectivity index (χ3n) is 4.02. The highest BCUT2D eigenvalue weighted by molar-refractivity contribution is 7.15. The summed E-state index contributed by atoms with van der Waals surface area (Å²) >= 11 is 1.75. The van der Waals surface area contributed by atoms with Gasteiger partial charge in [0.2, 0.25) is 5.91 Å². The predicted molar refractivity (Wildman–Crippen MR) is 106 cm³/mol. The molecule has 4 heteroatoms. The monoisotopic (exact) mass is 350 g/mol. The molecule has 3 rings (SSSR count). The van der Waals surface area contributed by atoms with Crippen molar-refractivity contribution in [2.75, 3.05) is 5.32 Å². The van der Waals surface area contributed by atoms with Crippen LogP contribution in [0.15, 0.2) is 48.5 Å². The van der Waals surface area contributed by atoms with Crippen molar-refractivity contribution < 1.29 is 4.79 Å². The number of rotatable bonds is 5. The lowest BCUT2D eigenvalue weighted by molar-refractivity contribution is -0.116. The van der Waals surface area contributed by atoms with Crippen LogP contribution in [0.5, 0.6) is 0 Å². The average molecular weight is 350 g/mol. The number of hydrogen-bond donors (Lipinski definition) is 1. The molecular weight excluding hydrogens is 328 g/mol. The Morgan fingerprint density at radius 3 is 2.60 bits per heavy atom. The van der Waals surface area contributed by atoms with E-state index in [1.54, 1.807) is 11.3 Å². The summed E-state index contributed by atoms with van der Waals surface area (Å²) in [6, 6.07) is 16.3. The second kappa shape index (κ2) is 7.62. The van der Waals surface area contributed by atoms with Crippen LogP contribution in [0.1, 0.15) is 30.2 Å². The lowest BCUT2D eigenvalue weighted by Gasteiger charge is -2.11. The van der Waals surface area contributed by atoms with Gasteiger partial charge in [-0.1, -0.05) is 19.1 Å². The SMILES string of the molecule is CCCC(=O)Nc1ccc(C)c(-c2cccc(-c3ccc(C)s3)n2)c1. The van der Waals surface area contributed by atoms with Crippen LogP contribution >= 0.6 is 11.3 Å². The fourth-order valence-electron chi connectivity index (χ4n) is 2.72. The van der Waals surface area contributed by atoms with Gasteiger partial charge in [0.1, 0.15) is 0 Å². The van der Waals surface area contributed by atoms with Crippen molar-refractivity contribution in [2.24, 2.45) is 0 Å². The number of amides is 1. The highest BCUT2D eigenvalue weighted by Crippen LogP contribution is 2.30. The number of carbonyl (C=O) groups is 1. The summed E-state index contributed by atoms with van der Waals surface area (Å²) in [5, 5.41) is 2.97. The second-order valence-electron chi connectivity index (χ2n) is 6.15. The molecule has 1 amide bonds. The minimum Gasteiger partial charge on any atom is -0.326 e. The summed E-state index contributed by atoms with van der Waals surface area (Å²) in [5.41, 5.74) is 4.91. The molecule has 0 saturated carbocycles. The first kappa shape index (κ1) is 17.4. The normalized spacial score (nSPS) is 10.7. The van der Waals surface area contributed by atoms with Gasteiger partial charge in [0.15, 0.2) is 0 Å². The van der Waals surface area contributed by atoms with Gasteiger partial charge in [-0.15, -0.1) is 11.3 Å². The van der Waals surface area contributed by atoms with Gasteiger partial charge >= 0.3 is 0 Å². The first-order chi connectivity index (χ1) is 12.1. The number of aromatic nitrogens is 1. The van der Waals surface area contributed by atoms with E-state index in [-0.39, 0.29) is 5.91 Å². The fraction of sp³-hybridized carbons (Fsp3) is 0.238. The maximum atomic E-state index is 11.9. The Balaban J connectivity index is 1.94. The number of hydrogen-bond acceptors (Lipinski definition) is 3. The molecule has 128 valence electrons. The van der Waals surface area contributed by atoms with Gasteiger partial charge < -0.3 is 5.32 Å². The van der Waals surface area contributed by atoms with Gasteiger partial charge in [-0.2, -0.15) is 0 Å². The van der Waals surface area contributed by atoms with Crippen molar-refractivity contribution in [1.82, 2.24) is 4.98 Å². The Morgan fingerprint density at radius 2 is 1.88 bits per heavy atom. The van der Waals surface area contributed by atoms with Crippen LogP contribution in [0.2, 0.25) is 0 Å². The number of anilines is 1. The van der Waals surface area contributed by atoms with E-state index in [0.29, 0.717) is 6.42 Å². The van der Waals surface area contributed by atoms with E-state index >= 15 is 0 Å². The third-order valence-corrected chi connectivity index (χ3v) is 5.04. The number of thiophene rings is 1. The van der Waals surface area contributed by atoms with E-state index in [4.69, 9.17) is 4.98 Å². The number of pyridine rings is 1. The van der Waals surface area contributed by atoms with E-state index in [1.165, 1.54) is 9.75 Å². The maximum Gasteiger partial charge on any atom is 0.224 e. The Labute approximate surface area is 152 Å². The van der Waals surface area contributed by atoms with Crippen molar-refractivity contribution in [3.63, 3.8) is 0 Å². The summed E-state index contributed by atoms with van der Waals surface area (Å²) in [7, 11) is 0. The molecule has 2 heterocycles. The summed E-state index contributed by atoms with van der Waals surface area (Å²) in [5.74, 6) is 0.0491. The molecule has 0 fully saturated rings. The lowest BCUT2D eigenvalue weighted by Crippen LogP contribution is -2.10. The molecule has 0 saturated heterocycles. The molecule has 25 heavy (non-hydrogen) atoms. The molecule has 0 unspecified atom stereocenters. The van der Waals surface area contributed by atoms with Crippen molar-refractivity contribution in [2.45, 2.75) is 33.6 Å². The topological polar surface area (TPSA) is 42.0 Å². The standard InChI is InChI=1S/C21H22N2OS/c1-4-6-21(24)22-16-11-9-14(2)17(13-16)18-7-5-8-19(23-18)20-12-10-15(3)25-20/h5,7-13H,4,6H2,1-3H3,(H,22,24). The molecule has 3 aromatic rings.